The normalized spacial score (nSPS) is 17.1. The highest BCUT2D eigenvalue weighted by Crippen LogP contribution is 2.21. The van der Waals surface area contributed by atoms with E-state index >= 15 is 0 Å². The Morgan fingerprint density at radius 1 is 0.846 bits per heavy atom. The van der Waals surface area contributed by atoms with Gasteiger partial charge in [0, 0.05) is 62.2 Å². The lowest BCUT2D eigenvalue weighted by molar-refractivity contribution is -0.134. The van der Waals surface area contributed by atoms with Crippen LogP contribution in [0.15, 0.2) is 48.6 Å². The van der Waals surface area contributed by atoms with Crippen LogP contribution in [0, 0.1) is 11.3 Å². The molecule has 1 unspecified atom stereocenters. The van der Waals surface area contributed by atoms with Gasteiger partial charge in [-0.15, -0.1) is 0 Å². The second-order valence-corrected chi connectivity index (χ2v) is 8.83. The Balaban J connectivity index is 0.000000393. The minimum Gasteiger partial charge on any atom is -0.478 e. The van der Waals surface area contributed by atoms with Crippen LogP contribution >= 0.6 is 0 Å². The maximum Gasteiger partial charge on any atom is 0.328 e. The highest BCUT2D eigenvalue weighted by Gasteiger charge is 2.28. The van der Waals surface area contributed by atoms with Gasteiger partial charge in [-0.2, -0.15) is 5.26 Å². The fourth-order valence-electron chi connectivity index (χ4n) is 4.06. The van der Waals surface area contributed by atoms with Gasteiger partial charge in [0.2, 0.25) is 0 Å². The lowest BCUT2D eigenvalue weighted by Gasteiger charge is -2.44. The standard InChI is InChI=1S/C19H28N4.2C4H4O4/c20-15-17-6-8-18(9-7-17)21-10-2-4-11-22-13-14-23-12-3-1-5-19(23)16-22;2*5-3(6)1-2-4(7)8/h6-9,19,21H,1-5,10-14,16H2;2*1-2H,(H,5,6)(H,7,8)/b;2*2-1+. The first kappa shape index (κ1) is 32.8. The third-order valence-corrected chi connectivity index (χ3v) is 5.90. The molecule has 1 aromatic carbocycles. The van der Waals surface area contributed by atoms with E-state index in [1.165, 1.54) is 64.8 Å². The molecule has 12 heteroatoms. The van der Waals surface area contributed by atoms with Crippen LogP contribution in [0.25, 0.3) is 0 Å². The Morgan fingerprint density at radius 2 is 1.41 bits per heavy atom. The van der Waals surface area contributed by atoms with Crippen LogP contribution < -0.4 is 5.32 Å². The average molecular weight is 545 g/mol. The summed E-state index contributed by atoms with van der Waals surface area (Å²) >= 11 is 0. The van der Waals surface area contributed by atoms with E-state index in [0.717, 1.165) is 23.8 Å². The van der Waals surface area contributed by atoms with Crippen LogP contribution in [0.5, 0.6) is 0 Å². The first-order valence-corrected chi connectivity index (χ1v) is 12.6. The number of aliphatic carboxylic acids is 4. The number of fused-ring (bicyclic) bond motifs is 1. The van der Waals surface area contributed by atoms with Gasteiger partial charge in [0.15, 0.2) is 0 Å². The maximum atomic E-state index is 9.55. The number of rotatable bonds is 10. The van der Waals surface area contributed by atoms with E-state index in [1.807, 2.05) is 24.3 Å². The van der Waals surface area contributed by atoms with Crippen molar-refractivity contribution >= 4 is 29.6 Å². The van der Waals surface area contributed by atoms with Crippen LogP contribution in [-0.4, -0.2) is 99.4 Å². The van der Waals surface area contributed by atoms with Gasteiger partial charge < -0.3 is 30.6 Å². The zero-order valence-corrected chi connectivity index (χ0v) is 21.7. The summed E-state index contributed by atoms with van der Waals surface area (Å²) in [5.41, 5.74) is 1.83. The molecule has 0 aromatic heterocycles. The van der Waals surface area contributed by atoms with Crippen molar-refractivity contribution in [2.24, 2.45) is 0 Å². The Labute approximate surface area is 227 Å². The van der Waals surface area contributed by atoms with Gasteiger partial charge in [-0.05, 0) is 63.0 Å². The zero-order chi connectivity index (χ0) is 29.0. The number of unbranched alkanes of at least 4 members (excludes halogenated alkanes) is 1. The van der Waals surface area contributed by atoms with E-state index in [0.29, 0.717) is 24.3 Å². The summed E-state index contributed by atoms with van der Waals surface area (Å²) in [6.45, 7) is 7.37. The number of nitriles is 1. The molecule has 5 N–H and O–H groups in total. The first-order chi connectivity index (χ1) is 18.6. The third kappa shape index (κ3) is 16.3. The van der Waals surface area contributed by atoms with Gasteiger partial charge in [0.1, 0.15) is 0 Å². The highest BCUT2D eigenvalue weighted by atomic mass is 16.4. The van der Waals surface area contributed by atoms with Crippen molar-refractivity contribution in [2.75, 3.05) is 44.6 Å². The van der Waals surface area contributed by atoms with Crippen molar-refractivity contribution < 1.29 is 39.6 Å². The molecule has 12 nitrogen and oxygen atoms in total. The molecule has 0 bridgehead atoms. The van der Waals surface area contributed by atoms with Gasteiger partial charge in [0.05, 0.1) is 11.6 Å². The summed E-state index contributed by atoms with van der Waals surface area (Å²) in [6, 6.07) is 10.7. The number of carboxylic acid groups (broad SMARTS) is 4. The molecule has 1 atom stereocenters. The van der Waals surface area contributed by atoms with E-state index in [4.69, 9.17) is 25.7 Å². The van der Waals surface area contributed by atoms with Gasteiger partial charge >= 0.3 is 23.9 Å². The monoisotopic (exact) mass is 544 g/mol. The SMILES string of the molecule is N#Cc1ccc(NCCCCN2CCN3CCCCC3C2)cc1.O=C(O)/C=C/C(=O)O.O=C(O)/C=C/C(=O)O. The molecule has 0 spiro atoms. The van der Waals surface area contributed by atoms with E-state index < -0.39 is 23.9 Å². The topological polar surface area (TPSA) is 192 Å². The summed E-state index contributed by atoms with van der Waals surface area (Å²) in [5, 5.41) is 43.5. The molecule has 2 aliphatic heterocycles. The fourth-order valence-corrected chi connectivity index (χ4v) is 4.06. The number of nitrogens with one attached hydrogen (secondary N) is 1. The summed E-state index contributed by atoms with van der Waals surface area (Å²) in [5.74, 6) is -5.03. The van der Waals surface area contributed by atoms with E-state index in [2.05, 4.69) is 21.2 Å². The number of carbonyl (C=O) groups is 4. The Hall–Kier alpha value is -4.21. The van der Waals surface area contributed by atoms with Gasteiger partial charge in [-0.25, -0.2) is 19.2 Å². The van der Waals surface area contributed by atoms with Crippen LogP contribution in [-0.2, 0) is 19.2 Å². The first-order valence-electron chi connectivity index (χ1n) is 12.6. The largest absolute Gasteiger partial charge is 0.478 e. The lowest BCUT2D eigenvalue weighted by atomic mass is 9.99. The van der Waals surface area contributed by atoms with Crippen molar-refractivity contribution in [1.82, 2.24) is 9.80 Å². The summed E-state index contributed by atoms with van der Waals surface area (Å²) in [6.07, 6.45) is 8.91. The molecule has 212 valence electrons. The van der Waals surface area contributed by atoms with Crippen molar-refractivity contribution in [3.05, 3.63) is 54.1 Å². The molecule has 0 saturated carbocycles. The molecule has 0 amide bonds. The van der Waals surface area contributed by atoms with Crippen LogP contribution in [0.4, 0.5) is 5.69 Å². The van der Waals surface area contributed by atoms with Crippen molar-refractivity contribution in [3.63, 3.8) is 0 Å². The molecule has 39 heavy (non-hydrogen) atoms. The second kappa shape index (κ2) is 18.9. The summed E-state index contributed by atoms with van der Waals surface area (Å²) < 4.78 is 0. The zero-order valence-electron chi connectivity index (χ0n) is 21.7. The quantitative estimate of drug-likeness (QED) is 0.214. The van der Waals surface area contributed by atoms with E-state index in [9.17, 15) is 19.2 Å². The molecule has 2 saturated heterocycles. The molecule has 2 heterocycles. The third-order valence-electron chi connectivity index (χ3n) is 5.90. The smallest absolute Gasteiger partial charge is 0.328 e. The lowest BCUT2D eigenvalue weighted by Crippen LogP contribution is -2.54. The number of nitrogens with zero attached hydrogens (tertiary/aromatic N) is 3. The Kier molecular flexibility index (Phi) is 15.9. The molecule has 0 radical (unpaired) electrons. The Morgan fingerprint density at radius 3 is 1.92 bits per heavy atom. The van der Waals surface area contributed by atoms with Crippen molar-refractivity contribution in [2.45, 2.75) is 38.1 Å². The van der Waals surface area contributed by atoms with Crippen LogP contribution in [0.2, 0.25) is 0 Å². The number of benzene rings is 1. The molecule has 2 fully saturated rings. The number of hydrogen-bond acceptors (Lipinski definition) is 8. The number of anilines is 1. The number of piperidine rings is 1. The van der Waals surface area contributed by atoms with E-state index in [-0.39, 0.29) is 0 Å². The fraction of sp³-hybridized carbons (Fsp3) is 0.444. The molecule has 2 aliphatic rings. The maximum absolute atomic E-state index is 9.55. The van der Waals surface area contributed by atoms with Gasteiger partial charge in [0.25, 0.3) is 0 Å². The minimum atomic E-state index is -1.26. The molecule has 3 rings (SSSR count). The molecule has 1 aromatic rings. The predicted molar refractivity (Wildman–Crippen MR) is 143 cm³/mol. The number of hydrogen-bond donors (Lipinski definition) is 5. The second-order valence-electron chi connectivity index (χ2n) is 8.83. The van der Waals surface area contributed by atoms with Crippen LogP contribution in [0.3, 0.4) is 0 Å². The molecular formula is C27H36N4O8. The molecule has 0 aliphatic carbocycles. The minimum absolute atomic E-state index is 0.558. The predicted octanol–water partition coefficient (Wildman–Crippen LogP) is 2.34. The van der Waals surface area contributed by atoms with E-state index in [1.54, 1.807) is 0 Å². The summed E-state index contributed by atoms with van der Waals surface area (Å²) in [7, 11) is 0. The van der Waals surface area contributed by atoms with Crippen molar-refractivity contribution in [1.29, 1.82) is 5.26 Å². The number of piperazine rings is 1. The highest BCUT2D eigenvalue weighted by molar-refractivity contribution is 5.90. The number of carboxylic acids is 4. The molecular weight excluding hydrogens is 508 g/mol. The average Bonchev–Trinajstić information content (AvgIpc) is 2.91. The van der Waals surface area contributed by atoms with Crippen molar-refractivity contribution in [3.8, 4) is 6.07 Å². The Bertz CT molecular complexity index is 967. The van der Waals surface area contributed by atoms with Crippen LogP contribution in [0.1, 0.15) is 37.7 Å². The van der Waals surface area contributed by atoms with Gasteiger partial charge in [-0.3, -0.25) is 4.90 Å². The van der Waals surface area contributed by atoms with Gasteiger partial charge in [-0.1, -0.05) is 6.42 Å². The summed E-state index contributed by atoms with van der Waals surface area (Å²) in [4.78, 5) is 43.6.